The minimum absolute atomic E-state index is 0.226. The highest BCUT2D eigenvalue weighted by molar-refractivity contribution is 5.78. The summed E-state index contributed by atoms with van der Waals surface area (Å²) in [5.74, 6) is 1.21. The van der Waals surface area contributed by atoms with Crippen LogP contribution in [0, 0.1) is 11.8 Å². The number of rotatable bonds is 5. The molecule has 0 atom stereocenters. The lowest BCUT2D eigenvalue weighted by Crippen LogP contribution is -2.44. The van der Waals surface area contributed by atoms with Crippen LogP contribution in [0.2, 0.25) is 0 Å². The van der Waals surface area contributed by atoms with E-state index in [4.69, 9.17) is 5.11 Å². The van der Waals surface area contributed by atoms with Crippen LogP contribution >= 0.6 is 0 Å². The number of likely N-dealkylation sites (tertiary alicyclic amines) is 1. The summed E-state index contributed by atoms with van der Waals surface area (Å²) in [6.07, 6.45) is 1.88. The quantitative estimate of drug-likeness (QED) is 0.830. The van der Waals surface area contributed by atoms with Gasteiger partial charge in [-0.25, -0.2) is 0 Å². The van der Waals surface area contributed by atoms with Crippen molar-refractivity contribution in [1.29, 1.82) is 0 Å². The van der Waals surface area contributed by atoms with Crippen LogP contribution in [0.5, 0.6) is 0 Å². The van der Waals surface area contributed by atoms with Gasteiger partial charge < -0.3 is 10.0 Å². The lowest BCUT2D eigenvalue weighted by molar-refractivity contribution is -0.133. The molecule has 0 aliphatic carbocycles. The van der Waals surface area contributed by atoms with Crippen LogP contribution in [0.15, 0.2) is 0 Å². The maximum absolute atomic E-state index is 12.0. The number of likely N-dealkylation sites (N-methyl/N-ethyl adjacent to an activating group) is 1. The van der Waals surface area contributed by atoms with E-state index >= 15 is 0 Å². The van der Waals surface area contributed by atoms with Gasteiger partial charge in [0.25, 0.3) is 0 Å². The molecule has 0 unspecified atom stereocenters. The van der Waals surface area contributed by atoms with Crippen molar-refractivity contribution >= 4 is 5.91 Å². The lowest BCUT2D eigenvalue weighted by Gasteiger charge is -2.32. The van der Waals surface area contributed by atoms with Crippen molar-refractivity contribution in [3.8, 4) is 0 Å². The lowest BCUT2D eigenvalue weighted by atomic mass is 9.98. The summed E-state index contributed by atoms with van der Waals surface area (Å²) < 4.78 is 0. The number of amides is 1. The first-order chi connectivity index (χ1) is 9.02. The van der Waals surface area contributed by atoms with Crippen molar-refractivity contribution < 1.29 is 9.90 Å². The van der Waals surface area contributed by atoms with E-state index in [1.54, 1.807) is 0 Å². The fourth-order valence-corrected chi connectivity index (χ4v) is 2.38. The molecule has 1 heterocycles. The molecule has 4 nitrogen and oxygen atoms in total. The van der Waals surface area contributed by atoms with Crippen LogP contribution in [-0.4, -0.2) is 60.6 Å². The second-order valence-electron chi connectivity index (χ2n) is 5.60. The van der Waals surface area contributed by atoms with Crippen LogP contribution in [-0.2, 0) is 4.79 Å². The van der Waals surface area contributed by atoms with E-state index in [2.05, 4.69) is 18.7 Å². The molecule has 1 aliphatic heterocycles. The monoisotopic (exact) mass is 272 g/mol. The molecule has 4 heteroatoms. The van der Waals surface area contributed by atoms with Crippen molar-refractivity contribution in [1.82, 2.24) is 9.80 Å². The van der Waals surface area contributed by atoms with Gasteiger partial charge in [-0.15, -0.1) is 0 Å². The van der Waals surface area contributed by atoms with Gasteiger partial charge in [-0.05, 0) is 31.7 Å². The maximum atomic E-state index is 12.0. The van der Waals surface area contributed by atoms with Crippen LogP contribution in [0.1, 0.15) is 40.5 Å². The summed E-state index contributed by atoms with van der Waals surface area (Å²) in [6, 6.07) is 0. The molecule has 0 radical (unpaired) electrons. The molecule has 1 N–H and O–H groups in total. The third-order valence-corrected chi connectivity index (χ3v) is 3.31. The van der Waals surface area contributed by atoms with Crippen molar-refractivity contribution in [2.24, 2.45) is 11.8 Å². The summed E-state index contributed by atoms with van der Waals surface area (Å²) in [5, 5.41) is 9.05. The van der Waals surface area contributed by atoms with Crippen LogP contribution < -0.4 is 0 Å². The summed E-state index contributed by atoms with van der Waals surface area (Å²) in [5.41, 5.74) is 0. The number of hydrogen-bond donors (Lipinski definition) is 1. The highest BCUT2D eigenvalue weighted by Gasteiger charge is 2.22. The molecule has 1 saturated heterocycles. The zero-order valence-electron chi connectivity index (χ0n) is 13.4. The molecule has 0 spiro atoms. The molecule has 0 aromatic heterocycles. The van der Waals surface area contributed by atoms with E-state index in [0.717, 1.165) is 32.5 Å². The Morgan fingerprint density at radius 1 is 1.32 bits per heavy atom. The first-order valence-electron chi connectivity index (χ1n) is 7.60. The normalized spacial score (nSPS) is 16.5. The average Bonchev–Trinajstić information content (AvgIpc) is 2.40. The molecule has 1 amide bonds. The number of hydrogen-bond acceptors (Lipinski definition) is 3. The first kappa shape index (κ1) is 18.4. The summed E-state index contributed by atoms with van der Waals surface area (Å²) >= 11 is 0. The standard InChI is InChI=1S/C13H26N2O2.C2H6/c1-11(2)8-14(3)9-13(17)15-6-4-12(10-16)5-7-15;1-2/h11-12,16H,4-10H2,1-3H3;1-2H3. The zero-order valence-corrected chi connectivity index (χ0v) is 13.4. The fraction of sp³-hybridized carbons (Fsp3) is 0.933. The Morgan fingerprint density at radius 3 is 2.26 bits per heavy atom. The Kier molecular flexibility index (Phi) is 9.88. The number of aliphatic hydroxyl groups excluding tert-OH is 1. The number of aliphatic hydroxyl groups is 1. The predicted molar refractivity (Wildman–Crippen MR) is 80.1 cm³/mol. The summed E-state index contributed by atoms with van der Waals surface area (Å²) in [6.45, 7) is 11.7. The minimum atomic E-state index is 0.226. The van der Waals surface area contributed by atoms with Gasteiger partial charge in [-0.1, -0.05) is 27.7 Å². The number of carbonyl (C=O) groups is 1. The Hall–Kier alpha value is -0.610. The van der Waals surface area contributed by atoms with Gasteiger partial charge in [0, 0.05) is 26.2 Å². The minimum Gasteiger partial charge on any atom is -0.396 e. The molecule has 1 fully saturated rings. The third kappa shape index (κ3) is 7.53. The molecular formula is C15H32N2O2. The van der Waals surface area contributed by atoms with Gasteiger partial charge >= 0.3 is 0 Å². The highest BCUT2D eigenvalue weighted by Crippen LogP contribution is 2.16. The molecule has 1 rings (SSSR count). The number of carbonyl (C=O) groups excluding carboxylic acids is 1. The summed E-state index contributed by atoms with van der Waals surface area (Å²) in [7, 11) is 2.00. The molecule has 0 aromatic carbocycles. The molecule has 1 aliphatic rings. The second kappa shape index (κ2) is 10.2. The van der Waals surface area contributed by atoms with Crippen LogP contribution in [0.4, 0.5) is 0 Å². The molecular weight excluding hydrogens is 240 g/mol. The Bertz CT molecular complexity index is 236. The SMILES string of the molecule is CC.CC(C)CN(C)CC(=O)N1CCC(CO)CC1. The van der Waals surface area contributed by atoms with E-state index in [1.165, 1.54) is 0 Å². The van der Waals surface area contributed by atoms with Crippen LogP contribution in [0.25, 0.3) is 0 Å². The van der Waals surface area contributed by atoms with Gasteiger partial charge in [-0.3, -0.25) is 9.69 Å². The Morgan fingerprint density at radius 2 is 1.84 bits per heavy atom. The molecule has 114 valence electrons. The average molecular weight is 272 g/mol. The topological polar surface area (TPSA) is 43.8 Å². The van der Waals surface area contributed by atoms with Gasteiger partial charge in [0.05, 0.1) is 6.54 Å². The molecule has 0 aromatic rings. The van der Waals surface area contributed by atoms with Gasteiger partial charge in [-0.2, -0.15) is 0 Å². The largest absolute Gasteiger partial charge is 0.396 e. The number of nitrogens with zero attached hydrogens (tertiary/aromatic N) is 2. The first-order valence-corrected chi connectivity index (χ1v) is 7.60. The molecule has 0 saturated carbocycles. The van der Waals surface area contributed by atoms with Crippen molar-refractivity contribution in [2.45, 2.75) is 40.5 Å². The Labute approximate surface area is 118 Å². The van der Waals surface area contributed by atoms with Crippen LogP contribution in [0.3, 0.4) is 0 Å². The van der Waals surface area contributed by atoms with Gasteiger partial charge in [0.2, 0.25) is 5.91 Å². The van der Waals surface area contributed by atoms with Gasteiger partial charge in [0.1, 0.15) is 0 Å². The molecule has 0 bridgehead atoms. The van der Waals surface area contributed by atoms with Crippen molar-refractivity contribution in [3.05, 3.63) is 0 Å². The van der Waals surface area contributed by atoms with E-state index in [9.17, 15) is 4.79 Å². The van der Waals surface area contributed by atoms with E-state index in [0.29, 0.717) is 18.4 Å². The fourth-order valence-electron chi connectivity index (χ4n) is 2.38. The molecule has 19 heavy (non-hydrogen) atoms. The highest BCUT2D eigenvalue weighted by atomic mass is 16.3. The Balaban J connectivity index is 0.00000154. The van der Waals surface area contributed by atoms with Crippen molar-refractivity contribution in [3.63, 3.8) is 0 Å². The zero-order chi connectivity index (χ0) is 14.8. The number of piperidine rings is 1. The van der Waals surface area contributed by atoms with Crippen molar-refractivity contribution in [2.75, 3.05) is 39.8 Å². The third-order valence-electron chi connectivity index (χ3n) is 3.31. The van der Waals surface area contributed by atoms with E-state index in [1.807, 2.05) is 25.8 Å². The van der Waals surface area contributed by atoms with E-state index < -0.39 is 0 Å². The van der Waals surface area contributed by atoms with Gasteiger partial charge in [0.15, 0.2) is 0 Å². The smallest absolute Gasteiger partial charge is 0.236 e. The maximum Gasteiger partial charge on any atom is 0.236 e. The predicted octanol–water partition coefficient (Wildman–Crippen LogP) is 1.83. The second-order valence-corrected chi connectivity index (χ2v) is 5.60. The van der Waals surface area contributed by atoms with E-state index in [-0.39, 0.29) is 12.5 Å². The summed E-state index contributed by atoms with van der Waals surface area (Å²) in [4.78, 5) is 16.0.